The van der Waals surface area contributed by atoms with E-state index in [1.165, 1.54) is 17.0 Å². The van der Waals surface area contributed by atoms with E-state index < -0.39 is 35.7 Å². The van der Waals surface area contributed by atoms with Crippen molar-refractivity contribution in [2.45, 2.75) is 32.5 Å². The summed E-state index contributed by atoms with van der Waals surface area (Å²) >= 11 is 0. The second-order valence-electron chi connectivity index (χ2n) is 6.58. The summed E-state index contributed by atoms with van der Waals surface area (Å²) in [6.45, 7) is 3.98. The van der Waals surface area contributed by atoms with Crippen molar-refractivity contribution >= 4 is 12.0 Å². The number of amides is 2. The van der Waals surface area contributed by atoms with E-state index in [2.05, 4.69) is 5.32 Å². The third-order valence-corrected chi connectivity index (χ3v) is 4.35. The number of likely N-dealkylation sites (tertiary alicyclic amines) is 1. The molecule has 0 radical (unpaired) electrons. The minimum atomic E-state index is -4.45. The highest BCUT2D eigenvalue weighted by atomic mass is 19.4. The first-order chi connectivity index (χ1) is 11.6. The van der Waals surface area contributed by atoms with Crippen molar-refractivity contribution in [2.24, 2.45) is 11.8 Å². The van der Waals surface area contributed by atoms with Gasteiger partial charge in [-0.15, -0.1) is 0 Å². The molecule has 1 aliphatic heterocycles. The number of nitrogens with one attached hydrogen (secondary N) is 1. The molecule has 138 valence electrons. The zero-order valence-corrected chi connectivity index (χ0v) is 14.0. The maximum atomic E-state index is 12.8. The Morgan fingerprint density at radius 2 is 2.00 bits per heavy atom. The van der Waals surface area contributed by atoms with Crippen molar-refractivity contribution < 1.29 is 27.9 Å². The molecule has 1 fully saturated rings. The number of carboxylic acids is 1. The molecule has 0 bridgehead atoms. The fourth-order valence-electron chi connectivity index (χ4n) is 3.04. The van der Waals surface area contributed by atoms with Gasteiger partial charge in [-0.1, -0.05) is 19.1 Å². The second-order valence-corrected chi connectivity index (χ2v) is 6.58. The van der Waals surface area contributed by atoms with Crippen LogP contribution in [-0.4, -0.2) is 35.1 Å². The number of halogens is 3. The van der Waals surface area contributed by atoms with E-state index in [4.69, 9.17) is 5.11 Å². The lowest BCUT2D eigenvalue weighted by Gasteiger charge is -2.35. The predicted octanol–water partition coefficient (Wildman–Crippen LogP) is 3.52. The van der Waals surface area contributed by atoms with Crippen LogP contribution < -0.4 is 5.32 Å². The van der Waals surface area contributed by atoms with E-state index in [1.54, 1.807) is 6.92 Å². The van der Waals surface area contributed by atoms with Gasteiger partial charge in [0.1, 0.15) is 0 Å². The molecule has 1 aliphatic rings. The Kier molecular flexibility index (Phi) is 5.59. The Balaban J connectivity index is 2.06. The number of alkyl halides is 3. The summed E-state index contributed by atoms with van der Waals surface area (Å²) in [6, 6.07) is 3.69. The average Bonchev–Trinajstić information content (AvgIpc) is 2.53. The lowest BCUT2D eigenvalue weighted by atomic mass is 9.91. The molecule has 25 heavy (non-hydrogen) atoms. The molecule has 5 nitrogen and oxygen atoms in total. The number of carboxylic acid groups (broad SMARTS) is 1. The van der Waals surface area contributed by atoms with Crippen LogP contribution in [0.1, 0.15) is 37.4 Å². The Labute approximate surface area is 143 Å². The SMILES string of the molecule is CC1CC(C(=O)O)CN(C(=O)NC(C)c2cccc(C(F)(F)F)c2)C1. The molecular weight excluding hydrogens is 337 g/mol. The van der Waals surface area contributed by atoms with Crippen LogP contribution >= 0.6 is 0 Å². The van der Waals surface area contributed by atoms with Crippen molar-refractivity contribution in [1.29, 1.82) is 0 Å². The van der Waals surface area contributed by atoms with Crippen LogP contribution in [0.2, 0.25) is 0 Å². The van der Waals surface area contributed by atoms with Crippen LogP contribution in [0.5, 0.6) is 0 Å². The minimum Gasteiger partial charge on any atom is -0.481 e. The first-order valence-corrected chi connectivity index (χ1v) is 8.03. The molecule has 0 spiro atoms. The Bertz CT molecular complexity index is 648. The number of carbonyl (C=O) groups excluding carboxylic acids is 1. The first kappa shape index (κ1) is 19.1. The molecule has 0 aliphatic carbocycles. The Morgan fingerprint density at radius 1 is 1.32 bits per heavy atom. The van der Waals surface area contributed by atoms with Gasteiger partial charge in [0.05, 0.1) is 17.5 Å². The Hall–Kier alpha value is -2.25. The molecule has 2 rings (SSSR count). The zero-order valence-electron chi connectivity index (χ0n) is 14.0. The third kappa shape index (κ3) is 4.87. The quantitative estimate of drug-likeness (QED) is 0.869. The number of nitrogens with zero attached hydrogens (tertiary/aromatic N) is 1. The van der Waals surface area contributed by atoms with E-state index in [0.717, 1.165) is 12.1 Å². The monoisotopic (exact) mass is 358 g/mol. The van der Waals surface area contributed by atoms with Gasteiger partial charge >= 0.3 is 18.2 Å². The largest absolute Gasteiger partial charge is 0.481 e. The van der Waals surface area contributed by atoms with Gasteiger partial charge in [-0.3, -0.25) is 4.79 Å². The molecular formula is C17H21F3N2O3. The maximum absolute atomic E-state index is 12.8. The van der Waals surface area contributed by atoms with E-state index in [-0.39, 0.29) is 12.5 Å². The summed E-state index contributed by atoms with van der Waals surface area (Å²) in [4.78, 5) is 25.0. The lowest BCUT2D eigenvalue weighted by molar-refractivity contribution is -0.143. The second kappa shape index (κ2) is 7.33. The summed E-state index contributed by atoms with van der Waals surface area (Å²) < 4.78 is 38.4. The number of piperidine rings is 1. The van der Waals surface area contributed by atoms with Gasteiger partial charge in [0.2, 0.25) is 0 Å². The van der Waals surface area contributed by atoms with Crippen molar-refractivity contribution in [3.05, 3.63) is 35.4 Å². The summed E-state index contributed by atoms with van der Waals surface area (Å²) in [6.07, 6.45) is -3.95. The van der Waals surface area contributed by atoms with Gasteiger partial charge in [0, 0.05) is 13.1 Å². The van der Waals surface area contributed by atoms with Gasteiger partial charge in [-0.2, -0.15) is 13.2 Å². The van der Waals surface area contributed by atoms with Crippen LogP contribution in [0.4, 0.5) is 18.0 Å². The normalized spacial score (nSPS) is 22.4. The standard InChI is InChI=1S/C17H21F3N2O3/c1-10-6-13(15(23)24)9-22(8-10)16(25)21-11(2)12-4-3-5-14(7-12)17(18,19)20/h3-5,7,10-11,13H,6,8-9H2,1-2H3,(H,21,25)(H,23,24). The number of aliphatic carboxylic acids is 1. The van der Waals surface area contributed by atoms with Crippen molar-refractivity contribution in [1.82, 2.24) is 10.2 Å². The van der Waals surface area contributed by atoms with Gasteiger partial charge in [-0.05, 0) is 37.0 Å². The fourth-order valence-corrected chi connectivity index (χ4v) is 3.04. The van der Waals surface area contributed by atoms with Crippen molar-refractivity contribution in [3.8, 4) is 0 Å². The van der Waals surface area contributed by atoms with Crippen LogP contribution in [0.3, 0.4) is 0 Å². The molecule has 2 amide bonds. The highest BCUT2D eigenvalue weighted by molar-refractivity contribution is 5.77. The molecule has 1 aromatic carbocycles. The number of hydrogen-bond acceptors (Lipinski definition) is 2. The topological polar surface area (TPSA) is 69.6 Å². The van der Waals surface area contributed by atoms with E-state index in [1.807, 2.05) is 6.92 Å². The average molecular weight is 358 g/mol. The fraction of sp³-hybridized carbons (Fsp3) is 0.529. The van der Waals surface area contributed by atoms with Crippen LogP contribution in [0.25, 0.3) is 0 Å². The summed E-state index contributed by atoms with van der Waals surface area (Å²) in [5, 5.41) is 11.8. The molecule has 1 aromatic rings. The highest BCUT2D eigenvalue weighted by Crippen LogP contribution is 2.31. The number of urea groups is 1. The zero-order chi connectivity index (χ0) is 18.8. The van der Waals surface area contributed by atoms with Crippen LogP contribution in [-0.2, 0) is 11.0 Å². The third-order valence-electron chi connectivity index (χ3n) is 4.35. The molecule has 0 aromatic heterocycles. The first-order valence-electron chi connectivity index (χ1n) is 8.03. The smallest absolute Gasteiger partial charge is 0.416 e. The predicted molar refractivity (Wildman–Crippen MR) is 84.9 cm³/mol. The number of rotatable bonds is 3. The van der Waals surface area contributed by atoms with Crippen molar-refractivity contribution in [3.63, 3.8) is 0 Å². The van der Waals surface area contributed by atoms with Gasteiger partial charge in [-0.25, -0.2) is 4.79 Å². The van der Waals surface area contributed by atoms with E-state index >= 15 is 0 Å². The minimum absolute atomic E-state index is 0.0458. The summed E-state index contributed by atoms with van der Waals surface area (Å²) in [5.41, 5.74) is -0.438. The molecule has 3 unspecified atom stereocenters. The molecule has 2 N–H and O–H groups in total. The molecule has 1 heterocycles. The number of hydrogen-bond donors (Lipinski definition) is 2. The van der Waals surface area contributed by atoms with E-state index in [9.17, 15) is 22.8 Å². The lowest BCUT2D eigenvalue weighted by Crippen LogP contribution is -2.49. The van der Waals surface area contributed by atoms with Crippen molar-refractivity contribution in [2.75, 3.05) is 13.1 Å². The maximum Gasteiger partial charge on any atom is 0.416 e. The molecule has 3 atom stereocenters. The van der Waals surface area contributed by atoms with Gasteiger partial charge in [0.25, 0.3) is 0 Å². The molecule has 1 saturated heterocycles. The van der Waals surface area contributed by atoms with Crippen LogP contribution in [0, 0.1) is 11.8 Å². The van der Waals surface area contributed by atoms with Gasteiger partial charge in [0.15, 0.2) is 0 Å². The molecule has 8 heteroatoms. The molecule has 0 saturated carbocycles. The van der Waals surface area contributed by atoms with E-state index in [0.29, 0.717) is 18.5 Å². The summed E-state index contributed by atoms with van der Waals surface area (Å²) in [7, 11) is 0. The highest BCUT2D eigenvalue weighted by Gasteiger charge is 2.33. The Morgan fingerprint density at radius 3 is 2.60 bits per heavy atom. The number of carbonyl (C=O) groups is 2. The van der Waals surface area contributed by atoms with Crippen LogP contribution in [0.15, 0.2) is 24.3 Å². The van der Waals surface area contributed by atoms with Gasteiger partial charge < -0.3 is 15.3 Å². The number of benzene rings is 1. The summed E-state index contributed by atoms with van der Waals surface area (Å²) in [5.74, 6) is -1.53.